The van der Waals surface area contributed by atoms with Crippen molar-refractivity contribution in [1.82, 2.24) is 10.2 Å². The molecule has 220 valence electrons. The molecule has 2 heterocycles. The van der Waals surface area contributed by atoms with Crippen molar-refractivity contribution in [3.63, 3.8) is 0 Å². The average Bonchev–Trinajstić information content (AvgIpc) is 3.45. The van der Waals surface area contributed by atoms with Gasteiger partial charge in [0, 0.05) is 35.0 Å². The number of ether oxygens (including phenoxy) is 1. The lowest BCUT2D eigenvalue weighted by Crippen LogP contribution is -2.38. The summed E-state index contributed by atoms with van der Waals surface area (Å²) in [7, 11) is 0. The lowest BCUT2D eigenvalue weighted by Gasteiger charge is -2.38. The van der Waals surface area contributed by atoms with E-state index in [1.807, 2.05) is 31.2 Å². The van der Waals surface area contributed by atoms with Gasteiger partial charge in [0.25, 0.3) is 5.69 Å². The van der Waals surface area contributed by atoms with Crippen LogP contribution in [0, 0.1) is 28.4 Å². The number of nitrogens with one attached hydrogen (secondary N) is 1. The molecule has 5 rings (SSSR count). The maximum Gasteiger partial charge on any atom is 0.274 e. The largest absolute Gasteiger partial charge is 0.494 e. The molecule has 1 aliphatic heterocycles. The topological polar surface area (TPSA) is 177 Å². The minimum absolute atomic E-state index is 0.0165. The van der Waals surface area contributed by atoms with Crippen LogP contribution in [0.5, 0.6) is 5.75 Å². The number of thioether (sulfide) groups is 1. The third-order valence-corrected chi connectivity index (χ3v) is 9.08. The highest BCUT2D eigenvalue weighted by atomic mass is 32.2. The average molecular weight is 618 g/mol. The van der Waals surface area contributed by atoms with Gasteiger partial charge in [-0.15, -0.1) is 10.2 Å². The zero-order chi connectivity index (χ0) is 30.7. The van der Waals surface area contributed by atoms with Gasteiger partial charge >= 0.3 is 0 Å². The van der Waals surface area contributed by atoms with E-state index in [0.29, 0.717) is 63.6 Å². The molecule has 0 saturated carbocycles. The highest BCUT2D eigenvalue weighted by molar-refractivity contribution is 8.01. The Morgan fingerprint density at radius 3 is 2.74 bits per heavy atom. The number of carbonyl (C=O) groups excluding carboxylic acids is 2. The van der Waals surface area contributed by atoms with Gasteiger partial charge in [0.15, 0.2) is 10.1 Å². The monoisotopic (exact) mass is 617 g/mol. The number of benzene rings is 2. The van der Waals surface area contributed by atoms with Crippen molar-refractivity contribution in [3.8, 4) is 11.8 Å². The molecule has 1 amide bonds. The molecule has 0 spiro atoms. The van der Waals surface area contributed by atoms with Crippen LogP contribution in [0.2, 0.25) is 0 Å². The minimum Gasteiger partial charge on any atom is -0.494 e. The second kappa shape index (κ2) is 12.6. The highest BCUT2D eigenvalue weighted by Crippen LogP contribution is 2.47. The van der Waals surface area contributed by atoms with Crippen molar-refractivity contribution >= 4 is 51.3 Å². The number of nitro benzene ring substituents is 1. The molecule has 1 aromatic heterocycles. The Hall–Kier alpha value is -4.74. The number of hydrogen-bond donors (Lipinski definition) is 2. The van der Waals surface area contributed by atoms with E-state index < -0.39 is 10.8 Å². The zero-order valence-corrected chi connectivity index (χ0v) is 25.0. The van der Waals surface area contributed by atoms with Crippen molar-refractivity contribution in [1.29, 1.82) is 5.26 Å². The summed E-state index contributed by atoms with van der Waals surface area (Å²) in [6, 6.07) is 14.0. The number of nitro groups is 1. The summed E-state index contributed by atoms with van der Waals surface area (Å²) in [5.74, 6) is -0.167. The molecule has 0 fully saturated rings. The fourth-order valence-electron chi connectivity index (χ4n) is 5.12. The summed E-state index contributed by atoms with van der Waals surface area (Å²) in [5, 5.41) is 33.0. The summed E-state index contributed by atoms with van der Waals surface area (Å²) < 4.78 is 6.03. The normalized spacial score (nSPS) is 16.5. The van der Waals surface area contributed by atoms with Crippen molar-refractivity contribution in [2.75, 3.05) is 22.6 Å². The quantitative estimate of drug-likeness (QED) is 0.183. The number of amides is 1. The van der Waals surface area contributed by atoms with Gasteiger partial charge in [-0.25, -0.2) is 0 Å². The van der Waals surface area contributed by atoms with Gasteiger partial charge < -0.3 is 15.8 Å². The van der Waals surface area contributed by atoms with Crippen molar-refractivity contribution in [3.05, 3.63) is 86.4 Å². The Bertz CT molecular complexity index is 1710. The second-order valence-electron chi connectivity index (χ2n) is 9.76. The Morgan fingerprint density at radius 1 is 1.28 bits per heavy atom. The maximum absolute atomic E-state index is 13.3. The fourth-order valence-corrected chi connectivity index (χ4v) is 6.80. The van der Waals surface area contributed by atoms with Gasteiger partial charge in [0.05, 0.1) is 34.8 Å². The van der Waals surface area contributed by atoms with Gasteiger partial charge in [-0.2, -0.15) is 5.26 Å². The van der Waals surface area contributed by atoms with Crippen LogP contribution >= 0.6 is 23.1 Å². The predicted molar refractivity (Wildman–Crippen MR) is 163 cm³/mol. The smallest absolute Gasteiger partial charge is 0.274 e. The molecule has 1 aliphatic carbocycles. The van der Waals surface area contributed by atoms with Crippen LogP contribution in [0.15, 0.2) is 69.5 Å². The molecule has 3 N–H and O–H groups in total. The van der Waals surface area contributed by atoms with Crippen LogP contribution in [0.1, 0.15) is 43.2 Å². The van der Waals surface area contributed by atoms with Crippen molar-refractivity contribution in [2.24, 2.45) is 5.73 Å². The van der Waals surface area contributed by atoms with Crippen LogP contribution in [0.25, 0.3) is 0 Å². The third kappa shape index (κ3) is 6.08. The number of aromatic nitrogens is 2. The van der Waals surface area contributed by atoms with E-state index >= 15 is 0 Å². The number of anilines is 2. The Morgan fingerprint density at radius 2 is 2.05 bits per heavy atom. The van der Waals surface area contributed by atoms with Crippen molar-refractivity contribution in [2.45, 2.75) is 43.4 Å². The molecule has 2 aromatic carbocycles. The van der Waals surface area contributed by atoms with Crippen LogP contribution in [-0.4, -0.2) is 39.2 Å². The van der Waals surface area contributed by atoms with E-state index in [2.05, 4.69) is 21.6 Å². The third-order valence-electron chi connectivity index (χ3n) is 7.04. The van der Waals surface area contributed by atoms with Crippen LogP contribution in [0.4, 0.5) is 16.5 Å². The number of nitriles is 1. The Balaban J connectivity index is 1.38. The SMILES string of the molecule is CCOc1ccc(C2C(C#N)=C(N)N(c3nnc(SCC(=O)Nc4ccc(C)c([N+](=O)[O-])c4)s3)C3=C2C(=O)CCC3)cc1. The van der Waals surface area contributed by atoms with Gasteiger partial charge in [-0.05, 0) is 50.5 Å². The van der Waals surface area contributed by atoms with Gasteiger partial charge in [0.2, 0.25) is 11.0 Å². The summed E-state index contributed by atoms with van der Waals surface area (Å²) in [6.07, 6.45) is 1.58. The van der Waals surface area contributed by atoms with Crippen LogP contribution < -0.4 is 20.7 Å². The van der Waals surface area contributed by atoms with Gasteiger partial charge in [0.1, 0.15) is 11.6 Å². The first-order valence-corrected chi connectivity index (χ1v) is 15.2. The number of aryl methyl sites for hydroxylation is 1. The lowest BCUT2D eigenvalue weighted by molar-refractivity contribution is -0.385. The summed E-state index contributed by atoms with van der Waals surface area (Å²) in [4.78, 5) is 38.3. The van der Waals surface area contributed by atoms with E-state index in [9.17, 15) is 25.0 Å². The molecule has 2 aliphatic rings. The summed E-state index contributed by atoms with van der Waals surface area (Å²) in [6.45, 7) is 4.04. The van der Waals surface area contributed by atoms with Gasteiger partial charge in [-0.1, -0.05) is 41.3 Å². The van der Waals surface area contributed by atoms with E-state index in [-0.39, 0.29) is 34.5 Å². The molecule has 14 heteroatoms. The number of nitrogens with zero attached hydrogens (tertiary/aromatic N) is 5. The predicted octanol–water partition coefficient (Wildman–Crippen LogP) is 5.19. The van der Waals surface area contributed by atoms with Crippen LogP contribution in [-0.2, 0) is 9.59 Å². The molecule has 43 heavy (non-hydrogen) atoms. The minimum atomic E-state index is -0.609. The first kappa shape index (κ1) is 29.7. The van der Waals surface area contributed by atoms with E-state index in [1.165, 1.54) is 17.4 Å². The first-order valence-electron chi connectivity index (χ1n) is 13.4. The number of Topliss-reactive ketones (excluding diaryl/α,β-unsaturated/α-hetero) is 1. The molecule has 3 aromatic rings. The van der Waals surface area contributed by atoms with E-state index in [0.717, 1.165) is 17.3 Å². The maximum atomic E-state index is 13.3. The van der Waals surface area contributed by atoms with Crippen LogP contribution in [0.3, 0.4) is 0 Å². The van der Waals surface area contributed by atoms with Crippen molar-refractivity contribution < 1.29 is 19.2 Å². The molecule has 1 unspecified atom stereocenters. The lowest BCUT2D eigenvalue weighted by atomic mass is 9.76. The zero-order valence-electron chi connectivity index (χ0n) is 23.3. The first-order chi connectivity index (χ1) is 20.7. The molecular weight excluding hydrogens is 590 g/mol. The van der Waals surface area contributed by atoms with E-state index in [4.69, 9.17) is 10.5 Å². The molecule has 0 saturated heterocycles. The number of carbonyl (C=O) groups is 2. The number of allylic oxidation sites excluding steroid dienone is 3. The number of hydrogen-bond acceptors (Lipinski definition) is 12. The number of ketones is 1. The number of rotatable bonds is 9. The summed E-state index contributed by atoms with van der Waals surface area (Å²) >= 11 is 2.33. The standard InChI is InChI=1S/C29H27N7O5S2/c1-3-41-19-11-8-17(9-12-19)25-20(14-30)27(31)35(21-5-4-6-23(37)26(21)25)28-33-34-29(43-28)42-15-24(38)32-18-10-7-16(2)22(13-18)36(39)40/h7-13,25H,3-6,15,31H2,1-2H3,(H,32,38). The Kier molecular flexibility index (Phi) is 8.74. The molecule has 0 radical (unpaired) electrons. The fraction of sp³-hybridized carbons (Fsp3) is 0.276. The highest BCUT2D eigenvalue weighted by Gasteiger charge is 2.41. The molecule has 12 nitrogen and oxygen atoms in total. The Labute approximate surface area is 255 Å². The second-order valence-corrected chi connectivity index (χ2v) is 11.9. The number of nitrogens with two attached hydrogens (primary N) is 1. The van der Waals surface area contributed by atoms with E-state index in [1.54, 1.807) is 24.0 Å². The summed E-state index contributed by atoms with van der Waals surface area (Å²) in [5.41, 5.74) is 9.58. The molecule has 1 atom stereocenters. The molecular formula is C29H27N7O5S2. The van der Waals surface area contributed by atoms with Gasteiger partial charge in [-0.3, -0.25) is 24.6 Å². The molecule has 0 bridgehead atoms.